The van der Waals surface area contributed by atoms with Gasteiger partial charge >= 0.3 is 15.2 Å². The summed E-state index contributed by atoms with van der Waals surface area (Å²) in [6.07, 6.45) is 10.4. The Morgan fingerprint density at radius 3 is 1.50 bits per heavy atom. The summed E-state index contributed by atoms with van der Waals surface area (Å²) < 4.78 is 20.5. The summed E-state index contributed by atoms with van der Waals surface area (Å²) in [5.41, 5.74) is 6.54. The molecule has 26 heavy (non-hydrogen) atoms. The van der Waals surface area contributed by atoms with Crippen LogP contribution in [0.4, 0.5) is 0 Å². The van der Waals surface area contributed by atoms with Crippen LogP contribution in [0.15, 0.2) is 0 Å². The highest BCUT2D eigenvalue weighted by molar-refractivity contribution is 7.71. The van der Waals surface area contributed by atoms with E-state index in [1.807, 2.05) is 0 Å². The van der Waals surface area contributed by atoms with E-state index in [1.165, 1.54) is 44.9 Å². The summed E-state index contributed by atoms with van der Waals surface area (Å²) in [6.45, 7) is 9.58. The van der Waals surface area contributed by atoms with E-state index >= 15 is 0 Å². The minimum atomic E-state index is -5.20. The largest absolute Gasteiger partial charge is 0.369 e. The molecule has 0 aliphatic rings. The number of rotatable bonds is 11. The lowest BCUT2D eigenvalue weighted by Crippen LogP contribution is -2.23. The third-order valence-electron chi connectivity index (χ3n) is 5.41. The summed E-state index contributed by atoms with van der Waals surface area (Å²) >= 11 is 0. The highest BCUT2D eigenvalue weighted by Crippen LogP contribution is 2.66. The number of unbranched alkanes of at least 4 members (excludes halogenated alkanes) is 1. The van der Waals surface area contributed by atoms with Gasteiger partial charge in [0.25, 0.3) is 5.08 Å². The van der Waals surface area contributed by atoms with E-state index in [0.29, 0.717) is 18.4 Å². The first kappa shape index (κ1) is 28.4. The number of hydrogen-bond donors (Lipinski definition) is 6. The first-order chi connectivity index (χ1) is 11.6. The van der Waals surface area contributed by atoms with Crippen molar-refractivity contribution in [2.75, 3.05) is 0 Å². The number of nitrogens with two attached hydrogens (primary N) is 1. The summed E-state index contributed by atoms with van der Waals surface area (Å²) in [7, 11) is -10.4. The van der Waals surface area contributed by atoms with Crippen LogP contribution in [0.2, 0.25) is 0 Å². The van der Waals surface area contributed by atoms with Crippen LogP contribution in [0.3, 0.4) is 0 Å². The Morgan fingerprint density at radius 2 is 1.27 bits per heavy atom. The van der Waals surface area contributed by atoms with E-state index in [1.54, 1.807) is 0 Å². The molecular formula is C16H39NO7P2. The summed E-state index contributed by atoms with van der Waals surface area (Å²) in [5.74, 6) is 0. The Labute approximate surface area is 157 Å². The zero-order valence-electron chi connectivity index (χ0n) is 16.8. The van der Waals surface area contributed by atoms with Crippen molar-refractivity contribution in [3.8, 4) is 0 Å². The van der Waals surface area contributed by atoms with Gasteiger partial charge in [0.1, 0.15) is 0 Å². The monoisotopic (exact) mass is 419 g/mol. The van der Waals surface area contributed by atoms with Crippen LogP contribution in [-0.2, 0) is 9.13 Å². The maximum absolute atomic E-state index is 10.3. The van der Waals surface area contributed by atoms with Crippen molar-refractivity contribution in [1.29, 1.82) is 0 Å². The minimum Gasteiger partial charge on any atom is -0.368 e. The van der Waals surface area contributed by atoms with Crippen molar-refractivity contribution in [2.45, 2.75) is 97.1 Å². The molecule has 0 aromatic rings. The molecule has 0 heterocycles. The maximum Gasteiger partial charge on any atom is 0.369 e. The van der Waals surface area contributed by atoms with Crippen LogP contribution in [0.25, 0.3) is 0 Å². The molecule has 0 rings (SSSR count). The molecule has 10 heteroatoms. The van der Waals surface area contributed by atoms with Gasteiger partial charge in [-0.3, -0.25) is 9.13 Å². The van der Waals surface area contributed by atoms with Gasteiger partial charge in [-0.2, -0.15) is 0 Å². The van der Waals surface area contributed by atoms with E-state index in [4.69, 9.17) is 30.4 Å². The molecular weight excluding hydrogens is 380 g/mol. The van der Waals surface area contributed by atoms with E-state index < -0.39 is 20.3 Å². The molecule has 7 N–H and O–H groups in total. The highest BCUT2D eigenvalue weighted by atomic mass is 31.2. The Kier molecular flexibility index (Phi) is 13.0. The molecule has 0 amide bonds. The average molecular weight is 419 g/mol. The van der Waals surface area contributed by atoms with E-state index in [9.17, 15) is 9.13 Å². The van der Waals surface area contributed by atoms with Gasteiger partial charge in [-0.05, 0) is 31.6 Å². The molecule has 0 bridgehead atoms. The fourth-order valence-electron chi connectivity index (χ4n) is 2.56. The van der Waals surface area contributed by atoms with Crippen LogP contribution in [0, 0.1) is 5.41 Å². The van der Waals surface area contributed by atoms with Gasteiger partial charge in [0.2, 0.25) is 0 Å². The topological polar surface area (TPSA) is 161 Å². The van der Waals surface area contributed by atoms with Crippen molar-refractivity contribution < 1.29 is 33.8 Å². The zero-order valence-corrected chi connectivity index (χ0v) is 18.5. The third-order valence-corrected chi connectivity index (χ3v) is 9.18. The molecule has 0 fully saturated rings. The standard InChI is InChI=1S/C14H31N.C2H8O7P2/c1-5-13(15)11-9-10-12-14(6-2,7-3)8-4;1-2(3,10(4,5)6)11(7,8)9/h13H,5-12,15H2,1-4H3;3H,1H3,(H2,4,5,6)(H2,7,8,9). The molecule has 8 nitrogen and oxygen atoms in total. The van der Waals surface area contributed by atoms with Gasteiger partial charge < -0.3 is 30.4 Å². The maximum atomic E-state index is 10.3. The first-order valence-electron chi connectivity index (χ1n) is 9.23. The predicted octanol–water partition coefficient (Wildman–Crippen LogP) is 3.51. The predicted molar refractivity (Wildman–Crippen MR) is 105 cm³/mol. The fraction of sp³-hybridized carbons (Fsp3) is 1.00. The van der Waals surface area contributed by atoms with Crippen molar-refractivity contribution in [2.24, 2.45) is 11.1 Å². The molecule has 0 radical (unpaired) electrons. The van der Waals surface area contributed by atoms with Gasteiger partial charge in [-0.1, -0.05) is 59.8 Å². The van der Waals surface area contributed by atoms with Crippen molar-refractivity contribution in [1.82, 2.24) is 0 Å². The second kappa shape index (κ2) is 11.9. The second-order valence-corrected chi connectivity index (χ2v) is 11.3. The lowest BCUT2D eigenvalue weighted by atomic mass is 9.75. The lowest BCUT2D eigenvalue weighted by molar-refractivity contribution is 0.146. The molecule has 0 aromatic heterocycles. The lowest BCUT2D eigenvalue weighted by Gasteiger charge is -2.30. The molecule has 0 saturated carbocycles. The van der Waals surface area contributed by atoms with Crippen molar-refractivity contribution in [3.05, 3.63) is 0 Å². The summed E-state index contributed by atoms with van der Waals surface area (Å²) in [5, 5.41) is 5.37. The first-order valence-corrected chi connectivity index (χ1v) is 12.5. The fourth-order valence-corrected chi connectivity index (χ4v) is 3.92. The van der Waals surface area contributed by atoms with Gasteiger partial charge in [0.15, 0.2) is 0 Å². The number of hydrogen-bond acceptors (Lipinski definition) is 4. The van der Waals surface area contributed by atoms with Crippen molar-refractivity contribution >= 4 is 15.2 Å². The summed E-state index contributed by atoms with van der Waals surface area (Å²) in [6, 6.07) is 0.435. The average Bonchev–Trinajstić information content (AvgIpc) is 2.54. The molecule has 160 valence electrons. The summed E-state index contributed by atoms with van der Waals surface area (Å²) in [4.78, 5) is 33.0. The Bertz CT molecular complexity index is 437. The van der Waals surface area contributed by atoms with Crippen LogP contribution < -0.4 is 5.73 Å². The smallest absolute Gasteiger partial charge is 0.368 e. The third kappa shape index (κ3) is 9.43. The van der Waals surface area contributed by atoms with Crippen molar-refractivity contribution in [3.63, 3.8) is 0 Å². The normalized spacial score (nSPS) is 14.6. The van der Waals surface area contributed by atoms with Gasteiger partial charge in [-0.15, -0.1) is 0 Å². The van der Waals surface area contributed by atoms with Crippen LogP contribution in [0.5, 0.6) is 0 Å². The molecule has 0 aliphatic heterocycles. The highest BCUT2D eigenvalue weighted by Gasteiger charge is 2.55. The molecule has 1 unspecified atom stereocenters. The zero-order chi connectivity index (χ0) is 21.2. The molecule has 0 aliphatic carbocycles. The Balaban J connectivity index is 0. The minimum absolute atomic E-state index is 0.383. The SMILES string of the molecule is CC(O)(P(=O)(O)O)P(=O)(O)O.CCC(N)CCCCC(CC)(CC)CC. The number of aliphatic hydroxyl groups is 1. The molecule has 0 spiro atoms. The van der Waals surface area contributed by atoms with E-state index in [0.717, 1.165) is 6.42 Å². The van der Waals surface area contributed by atoms with Crippen LogP contribution >= 0.6 is 15.2 Å². The van der Waals surface area contributed by atoms with Gasteiger partial charge in [0, 0.05) is 6.04 Å². The van der Waals surface area contributed by atoms with Gasteiger partial charge in [-0.25, -0.2) is 0 Å². The quantitative estimate of drug-likeness (QED) is 0.219. The molecule has 0 saturated heterocycles. The Morgan fingerprint density at radius 1 is 0.885 bits per heavy atom. The van der Waals surface area contributed by atoms with Crippen LogP contribution in [-0.4, -0.2) is 35.8 Å². The van der Waals surface area contributed by atoms with Crippen LogP contribution in [0.1, 0.15) is 86.0 Å². The van der Waals surface area contributed by atoms with E-state index in [-0.39, 0.29) is 0 Å². The molecule has 0 aromatic carbocycles. The second-order valence-electron chi connectivity index (χ2n) is 7.03. The Hall–Kier alpha value is 0.220. The molecule has 1 atom stereocenters. The van der Waals surface area contributed by atoms with E-state index in [2.05, 4.69) is 27.7 Å². The van der Waals surface area contributed by atoms with Gasteiger partial charge in [0.05, 0.1) is 0 Å².